The largest absolute Gasteiger partial charge is 0.365 e. The summed E-state index contributed by atoms with van der Waals surface area (Å²) in [6, 6.07) is 5.30. The van der Waals surface area contributed by atoms with Gasteiger partial charge in [0.2, 0.25) is 0 Å². The first kappa shape index (κ1) is 17.1. The fourth-order valence-electron chi connectivity index (χ4n) is 3.01. The number of nitrogens with zero attached hydrogens (tertiary/aromatic N) is 1. The highest BCUT2D eigenvalue weighted by molar-refractivity contribution is 7.17. The standard InChI is InChI=1S/C17H17N3O4S/c1-9-2-7-12-13(8-9)25-17(14(12)15(18)21)19-16(22)10-3-5-11(6-4-10)20(23)24/h3-6,9H,2,7-8H2,1H3,(H2,18,21)(H,19,22)/t9-/m1/s1. The van der Waals surface area contributed by atoms with E-state index in [1.807, 2.05) is 0 Å². The van der Waals surface area contributed by atoms with Crippen molar-refractivity contribution in [2.24, 2.45) is 11.7 Å². The van der Waals surface area contributed by atoms with E-state index in [-0.39, 0.29) is 11.3 Å². The molecule has 0 saturated heterocycles. The lowest BCUT2D eigenvalue weighted by Crippen LogP contribution is -2.19. The van der Waals surface area contributed by atoms with Gasteiger partial charge >= 0.3 is 0 Å². The summed E-state index contributed by atoms with van der Waals surface area (Å²) in [4.78, 5) is 35.5. The zero-order valence-electron chi connectivity index (χ0n) is 13.6. The molecule has 1 aliphatic rings. The third-order valence-corrected chi connectivity index (χ3v) is 5.50. The van der Waals surface area contributed by atoms with Crippen LogP contribution in [0.3, 0.4) is 0 Å². The molecule has 0 aliphatic heterocycles. The maximum atomic E-state index is 12.4. The van der Waals surface area contributed by atoms with Crippen LogP contribution in [0.1, 0.15) is 44.5 Å². The van der Waals surface area contributed by atoms with E-state index < -0.39 is 16.7 Å². The van der Waals surface area contributed by atoms with Crippen molar-refractivity contribution in [2.45, 2.75) is 26.2 Å². The van der Waals surface area contributed by atoms with Gasteiger partial charge in [-0.2, -0.15) is 0 Å². The van der Waals surface area contributed by atoms with Crippen LogP contribution in [0, 0.1) is 16.0 Å². The number of amides is 2. The summed E-state index contributed by atoms with van der Waals surface area (Å²) < 4.78 is 0. The van der Waals surface area contributed by atoms with E-state index in [2.05, 4.69) is 12.2 Å². The lowest BCUT2D eigenvalue weighted by molar-refractivity contribution is -0.384. The topological polar surface area (TPSA) is 115 Å². The number of hydrogen-bond donors (Lipinski definition) is 2. The molecule has 0 radical (unpaired) electrons. The number of nitrogens with two attached hydrogens (primary N) is 1. The second-order valence-corrected chi connectivity index (χ2v) is 7.28. The van der Waals surface area contributed by atoms with Crippen LogP contribution in [0.25, 0.3) is 0 Å². The first-order valence-corrected chi connectivity index (χ1v) is 8.68. The lowest BCUT2D eigenvalue weighted by Gasteiger charge is -2.18. The van der Waals surface area contributed by atoms with Gasteiger partial charge in [0.25, 0.3) is 17.5 Å². The third kappa shape index (κ3) is 3.39. The average molecular weight is 359 g/mol. The van der Waals surface area contributed by atoms with E-state index in [4.69, 9.17) is 5.73 Å². The van der Waals surface area contributed by atoms with Crippen LogP contribution >= 0.6 is 11.3 Å². The smallest absolute Gasteiger partial charge is 0.269 e. The fraction of sp³-hybridized carbons (Fsp3) is 0.294. The summed E-state index contributed by atoms with van der Waals surface area (Å²) in [5.74, 6) is -0.444. The Bertz CT molecular complexity index is 858. The van der Waals surface area contributed by atoms with Crippen molar-refractivity contribution in [1.82, 2.24) is 0 Å². The van der Waals surface area contributed by atoms with Crippen LogP contribution in [-0.4, -0.2) is 16.7 Å². The maximum absolute atomic E-state index is 12.4. The van der Waals surface area contributed by atoms with Gasteiger partial charge in [0.1, 0.15) is 5.00 Å². The summed E-state index contributed by atoms with van der Waals surface area (Å²) in [6.07, 6.45) is 2.63. The fourth-order valence-corrected chi connectivity index (χ4v) is 4.42. The van der Waals surface area contributed by atoms with E-state index in [9.17, 15) is 19.7 Å². The summed E-state index contributed by atoms with van der Waals surface area (Å²) >= 11 is 1.38. The summed E-state index contributed by atoms with van der Waals surface area (Å²) in [5.41, 5.74) is 7.05. The van der Waals surface area contributed by atoms with Crippen LogP contribution in [0.15, 0.2) is 24.3 Å². The molecule has 0 saturated carbocycles. The van der Waals surface area contributed by atoms with Crippen LogP contribution in [0.2, 0.25) is 0 Å². The molecule has 1 aliphatic carbocycles. The summed E-state index contributed by atoms with van der Waals surface area (Å²) in [6.45, 7) is 2.15. The highest BCUT2D eigenvalue weighted by Gasteiger charge is 2.27. The van der Waals surface area contributed by atoms with Crippen molar-refractivity contribution in [2.75, 3.05) is 5.32 Å². The average Bonchev–Trinajstić information content (AvgIpc) is 2.91. The molecule has 0 bridgehead atoms. The normalized spacial score (nSPS) is 16.1. The number of thiophene rings is 1. The molecule has 25 heavy (non-hydrogen) atoms. The van der Waals surface area contributed by atoms with Gasteiger partial charge in [-0.15, -0.1) is 11.3 Å². The molecule has 3 N–H and O–H groups in total. The molecular weight excluding hydrogens is 342 g/mol. The van der Waals surface area contributed by atoms with Gasteiger partial charge in [0.05, 0.1) is 10.5 Å². The van der Waals surface area contributed by atoms with E-state index in [1.165, 1.54) is 35.6 Å². The first-order valence-electron chi connectivity index (χ1n) is 7.87. The van der Waals surface area contributed by atoms with Crippen molar-refractivity contribution in [3.8, 4) is 0 Å². The number of rotatable bonds is 4. The predicted molar refractivity (Wildman–Crippen MR) is 95.1 cm³/mol. The second-order valence-electron chi connectivity index (χ2n) is 6.18. The van der Waals surface area contributed by atoms with Crippen LogP contribution in [0.5, 0.6) is 0 Å². The molecule has 2 aromatic rings. The minimum absolute atomic E-state index is 0.0880. The number of anilines is 1. The molecule has 2 amide bonds. The molecule has 7 nitrogen and oxygen atoms in total. The highest BCUT2D eigenvalue weighted by Crippen LogP contribution is 2.39. The van der Waals surface area contributed by atoms with E-state index >= 15 is 0 Å². The number of non-ortho nitro benzene ring substituents is 1. The van der Waals surface area contributed by atoms with Gasteiger partial charge in [-0.05, 0) is 42.9 Å². The third-order valence-electron chi connectivity index (χ3n) is 4.33. The Labute approximate surface area is 148 Å². The Morgan fingerprint density at radius 1 is 1.32 bits per heavy atom. The zero-order chi connectivity index (χ0) is 18.1. The molecule has 8 heteroatoms. The van der Waals surface area contributed by atoms with Crippen LogP contribution < -0.4 is 11.1 Å². The van der Waals surface area contributed by atoms with Gasteiger partial charge in [0.15, 0.2) is 0 Å². The lowest BCUT2D eigenvalue weighted by atomic mass is 9.88. The number of carbonyl (C=O) groups excluding carboxylic acids is 2. The van der Waals surface area contributed by atoms with Crippen molar-refractivity contribution < 1.29 is 14.5 Å². The number of nitro groups is 1. The number of benzene rings is 1. The maximum Gasteiger partial charge on any atom is 0.269 e. The highest BCUT2D eigenvalue weighted by atomic mass is 32.1. The quantitative estimate of drug-likeness (QED) is 0.644. The van der Waals surface area contributed by atoms with Gasteiger partial charge in [0, 0.05) is 22.6 Å². The number of nitrogens with one attached hydrogen (secondary N) is 1. The summed E-state index contributed by atoms with van der Waals surface area (Å²) in [5, 5.41) is 13.9. The van der Waals surface area contributed by atoms with Gasteiger partial charge in [-0.25, -0.2) is 0 Å². The molecule has 0 unspecified atom stereocenters. The van der Waals surface area contributed by atoms with E-state index in [0.717, 1.165) is 29.7 Å². The van der Waals surface area contributed by atoms with Crippen LogP contribution in [-0.2, 0) is 12.8 Å². The molecule has 1 atom stereocenters. The number of hydrogen-bond acceptors (Lipinski definition) is 5. The molecule has 130 valence electrons. The van der Waals surface area contributed by atoms with Gasteiger partial charge in [-0.3, -0.25) is 19.7 Å². The predicted octanol–water partition coefficient (Wildman–Crippen LogP) is 3.13. The number of nitro benzene ring substituents is 1. The Morgan fingerprint density at radius 2 is 2.00 bits per heavy atom. The van der Waals surface area contributed by atoms with Gasteiger partial charge in [-0.1, -0.05) is 6.92 Å². The van der Waals surface area contributed by atoms with Crippen LogP contribution in [0.4, 0.5) is 10.7 Å². The Hall–Kier alpha value is -2.74. The minimum atomic E-state index is -0.550. The van der Waals surface area contributed by atoms with Crippen molar-refractivity contribution in [3.05, 3.63) is 55.9 Å². The Morgan fingerprint density at radius 3 is 2.60 bits per heavy atom. The Kier molecular flexibility index (Phi) is 4.54. The van der Waals surface area contributed by atoms with E-state index in [0.29, 0.717) is 16.5 Å². The molecule has 0 spiro atoms. The monoisotopic (exact) mass is 359 g/mol. The molecule has 1 heterocycles. The SMILES string of the molecule is C[C@@H]1CCc2c(sc(NC(=O)c3ccc([N+](=O)[O-])cc3)c2C(N)=O)C1. The number of primary amides is 1. The molecular formula is C17H17N3O4S. The first-order chi connectivity index (χ1) is 11.9. The molecule has 1 aromatic carbocycles. The van der Waals surface area contributed by atoms with Gasteiger partial charge < -0.3 is 11.1 Å². The van der Waals surface area contributed by atoms with Crippen molar-refractivity contribution in [3.63, 3.8) is 0 Å². The molecule has 1 aromatic heterocycles. The number of fused-ring (bicyclic) bond motifs is 1. The minimum Gasteiger partial charge on any atom is -0.365 e. The summed E-state index contributed by atoms with van der Waals surface area (Å²) in [7, 11) is 0. The second kappa shape index (κ2) is 6.64. The van der Waals surface area contributed by atoms with E-state index in [1.54, 1.807) is 0 Å². The molecule has 3 rings (SSSR count). The van der Waals surface area contributed by atoms with Crippen molar-refractivity contribution in [1.29, 1.82) is 0 Å². The zero-order valence-corrected chi connectivity index (χ0v) is 14.4. The Balaban J connectivity index is 1.88. The molecule has 0 fully saturated rings. The van der Waals surface area contributed by atoms with Crippen molar-refractivity contribution >= 4 is 33.8 Å². The number of carbonyl (C=O) groups is 2.